The quantitative estimate of drug-likeness (QED) is 0.484. The van der Waals surface area contributed by atoms with E-state index in [0.717, 1.165) is 0 Å². The number of hydrogen-bond acceptors (Lipinski definition) is 4. The summed E-state index contributed by atoms with van der Waals surface area (Å²) in [6.45, 7) is 0. The van der Waals surface area contributed by atoms with E-state index in [1.807, 2.05) is 6.07 Å². The summed E-state index contributed by atoms with van der Waals surface area (Å²) in [7, 11) is 1.27. The fraction of sp³-hybridized carbons (Fsp3) is 0.0455. The first-order chi connectivity index (χ1) is 14.5. The minimum Gasteiger partial charge on any atom is -0.453 e. The summed E-state index contributed by atoms with van der Waals surface area (Å²) < 4.78 is 5.19. The summed E-state index contributed by atoms with van der Waals surface area (Å²) in [5, 5.41) is 8.08. The second-order valence-electron chi connectivity index (χ2n) is 6.13. The largest absolute Gasteiger partial charge is 0.453 e. The molecule has 0 atom stereocenters. The van der Waals surface area contributed by atoms with E-state index in [4.69, 9.17) is 0 Å². The maximum Gasteiger partial charge on any atom is 0.411 e. The number of anilines is 3. The van der Waals surface area contributed by atoms with Crippen molar-refractivity contribution in [3.8, 4) is 0 Å². The van der Waals surface area contributed by atoms with E-state index in [1.54, 1.807) is 66.7 Å². The molecule has 0 heterocycles. The van der Waals surface area contributed by atoms with Crippen LogP contribution in [0.5, 0.6) is 0 Å². The summed E-state index contributed by atoms with van der Waals surface area (Å²) in [5.41, 5.74) is 2.22. The minimum atomic E-state index is -0.582. The number of hydrogen-bond donors (Lipinski definition) is 3. The Kier molecular flexibility index (Phi) is 6.82. The lowest BCUT2D eigenvalue weighted by Gasteiger charge is -2.12. The van der Waals surface area contributed by atoms with Gasteiger partial charge in [0.05, 0.1) is 23.9 Å². The molecule has 0 aliphatic heterocycles. The Hall–Kier alpha value is -3.65. The van der Waals surface area contributed by atoms with Crippen LogP contribution < -0.4 is 16.0 Å². The number of methoxy groups -OCH3 is 1. The fourth-order valence-electron chi connectivity index (χ4n) is 2.63. The van der Waals surface area contributed by atoms with Crippen LogP contribution in [-0.4, -0.2) is 25.0 Å². The number of rotatable bonds is 5. The Morgan fingerprint density at radius 3 is 1.87 bits per heavy atom. The molecule has 3 aromatic rings. The summed E-state index contributed by atoms with van der Waals surface area (Å²) in [6, 6.07) is 20.3. The van der Waals surface area contributed by atoms with E-state index in [0.29, 0.717) is 32.7 Å². The molecule has 0 aliphatic rings. The maximum atomic E-state index is 12.8. The van der Waals surface area contributed by atoms with Gasteiger partial charge in [0.2, 0.25) is 0 Å². The van der Waals surface area contributed by atoms with E-state index < -0.39 is 6.09 Å². The van der Waals surface area contributed by atoms with Crippen molar-refractivity contribution in [3.63, 3.8) is 0 Å². The Bertz CT molecular complexity index is 1080. The van der Waals surface area contributed by atoms with Crippen molar-refractivity contribution in [3.05, 3.63) is 88.4 Å². The standard InChI is InChI=1S/C22H18BrN3O4/c1-30-22(29)25-15-12-10-14(11-13-15)24-21(28)17-7-3-5-9-19(17)26-20(27)16-6-2-4-8-18(16)23/h2-13H,1H3,(H,24,28)(H,25,29)(H,26,27). The molecule has 3 N–H and O–H groups in total. The maximum absolute atomic E-state index is 12.8. The van der Waals surface area contributed by atoms with Gasteiger partial charge < -0.3 is 15.4 Å². The molecule has 0 saturated carbocycles. The van der Waals surface area contributed by atoms with Crippen molar-refractivity contribution >= 4 is 50.9 Å². The monoisotopic (exact) mass is 467 g/mol. The smallest absolute Gasteiger partial charge is 0.411 e. The Balaban J connectivity index is 1.73. The molecule has 0 spiro atoms. The third-order valence-corrected chi connectivity index (χ3v) is 4.80. The second kappa shape index (κ2) is 9.71. The highest BCUT2D eigenvalue weighted by molar-refractivity contribution is 9.10. The zero-order valence-electron chi connectivity index (χ0n) is 15.9. The van der Waals surface area contributed by atoms with Crippen LogP contribution in [0, 0.1) is 0 Å². The number of ether oxygens (including phenoxy) is 1. The van der Waals surface area contributed by atoms with Crippen LogP contribution in [0.15, 0.2) is 77.3 Å². The molecule has 0 saturated heterocycles. The summed E-state index contributed by atoms with van der Waals surface area (Å²) in [6.07, 6.45) is -0.582. The highest BCUT2D eigenvalue weighted by Crippen LogP contribution is 2.22. The van der Waals surface area contributed by atoms with Crippen LogP contribution in [-0.2, 0) is 4.74 Å². The van der Waals surface area contributed by atoms with E-state index >= 15 is 0 Å². The summed E-state index contributed by atoms with van der Waals surface area (Å²) in [5.74, 6) is -0.715. The Morgan fingerprint density at radius 2 is 1.23 bits per heavy atom. The van der Waals surface area contributed by atoms with Crippen molar-refractivity contribution in [1.29, 1.82) is 0 Å². The number of benzene rings is 3. The zero-order chi connectivity index (χ0) is 21.5. The molecular weight excluding hydrogens is 450 g/mol. The van der Waals surface area contributed by atoms with E-state index in [9.17, 15) is 14.4 Å². The first kappa shape index (κ1) is 21.1. The average Bonchev–Trinajstić information content (AvgIpc) is 2.75. The van der Waals surface area contributed by atoms with Crippen molar-refractivity contribution in [2.75, 3.05) is 23.1 Å². The number of nitrogens with one attached hydrogen (secondary N) is 3. The molecule has 0 radical (unpaired) electrons. The predicted octanol–water partition coefficient (Wildman–Crippen LogP) is 5.13. The summed E-state index contributed by atoms with van der Waals surface area (Å²) in [4.78, 5) is 36.6. The molecule has 0 unspecified atom stereocenters. The molecule has 0 aliphatic carbocycles. The SMILES string of the molecule is COC(=O)Nc1ccc(NC(=O)c2ccccc2NC(=O)c2ccccc2Br)cc1. The molecule has 0 bridgehead atoms. The van der Waals surface area contributed by atoms with E-state index in [2.05, 4.69) is 36.6 Å². The van der Waals surface area contributed by atoms with Gasteiger partial charge in [-0.3, -0.25) is 14.9 Å². The normalized spacial score (nSPS) is 10.1. The number of carbonyl (C=O) groups is 3. The number of carbonyl (C=O) groups excluding carboxylic acids is 3. The lowest BCUT2D eigenvalue weighted by molar-refractivity contribution is 0.102. The molecule has 0 aromatic heterocycles. The van der Waals surface area contributed by atoms with Gasteiger partial charge in [-0.25, -0.2) is 4.79 Å². The van der Waals surface area contributed by atoms with Crippen LogP contribution >= 0.6 is 15.9 Å². The zero-order valence-corrected chi connectivity index (χ0v) is 17.5. The van der Waals surface area contributed by atoms with Gasteiger partial charge in [-0.1, -0.05) is 24.3 Å². The first-order valence-corrected chi connectivity index (χ1v) is 9.68. The molecule has 3 aromatic carbocycles. The van der Waals surface area contributed by atoms with Crippen molar-refractivity contribution in [2.24, 2.45) is 0 Å². The summed E-state index contributed by atoms with van der Waals surface area (Å²) >= 11 is 3.35. The molecule has 152 valence electrons. The predicted molar refractivity (Wildman–Crippen MR) is 119 cm³/mol. The average molecular weight is 468 g/mol. The second-order valence-corrected chi connectivity index (χ2v) is 6.98. The van der Waals surface area contributed by atoms with Crippen LogP contribution in [0.2, 0.25) is 0 Å². The van der Waals surface area contributed by atoms with E-state index in [1.165, 1.54) is 7.11 Å². The lowest BCUT2D eigenvalue weighted by atomic mass is 10.1. The van der Waals surface area contributed by atoms with Crippen molar-refractivity contribution < 1.29 is 19.1 Å². The van der Waals surface area contributed by atoms with Crippen LogP contribution in [0.3, 0.4) is 0 Å². The number of amides is 3. The fourth-order valence-corrected chi connectivity index (χ4v) is 3.09. The van der Waals surface area contributed by atoms with Gasteiger partial charge >= 0.3 is 6.09 Å². The van der Waals surface area contributed by atoms with Gasteiger partial charge in [-0.2, -0.15) is 0 Å². The van der Waals surface area contributed by atoms with Gasteiger partial charge in [0, 0.05) is 15.8 Å². The minimum absolute atomic E-state index is 0.315. The van der Waals surface area contributed by atoms with Crippen LogP contribution in [0.25, 0.3) is 0 Å². The van der Waals surface area contributed by atoms with Gasteiger partial charge in [-0.15, -0.1) is 0 Å². The van der Waals surface area contributed by atoms with Gasteiger partial charge in [0.1, 0.15) is 0 Å². The first-order valence-electron chi connectivity index (χ1n) is 8.89. The molecular formula is C22H18BrN3O4. The number of para-hydroxylation sites is 1. The lowest BCUT2D eigenvalue weighted by Crippen LogP contribution is -2.18. The van der Waals surface area contributed by atoms with Crippen LogP contribution in [0.1, 0.15) is 20.7 Å². The molecule has 0 fully saturated rings. The Labute approximate surface area is 181 Å². The van der Waals surface area contributed by atoms with Gasteiger partial charge in [-0.05, 0) is 64.5 Å². The topological polar surface area (TPSA) is 96.5 Å². The van der Waals surface area contributed by atoms with Crippen molar-refractivity contribution in [1.82, 2.24) is 0 Å². The highest BCUT2D eigenvalue weighted by atomic mass is 79.9. The molecule has 3 amide bonds. The third-order valence-electron chi connectivity index (χ3n) is 4.11. The molecule has 3 rings (SSSR count). The van der Waals surface area contributed by atoms with Crippen molar-refractivity contribution in [2.45, 2.75) is 0 Å². The third kappa shape index (κ3) is 5.24. The van der Waals surface area contributed by atoms with Crippen LogP contribution in [0.4, 0.5) is 21.9 Å². The number of halogens is 1. The van der Waals surface area contributed by atoms with Gasteiger partial charge in [0.25, 0.3) is 11.8 Å². The molecule has 8 heteroatoms. The van der Waals surface area contributed by atoms with E-state index in [-0.39, 0.29) is 11.8 Å². The Morgan fingerprint density at radius 1 is 0.700 bits per heavy atom. The molecule has 30 heavy (non-hydrogen) atoms. The molecule has 7 nitrogen and oxygen atoms in total. The highest BCUT2D eigenvalue weighted by Gasteiger charge is 2.15. The van der Waals surface area contributed by atoms with Gasteiger partial charge in [0.15, 0.2) is 0 Å².